The van der Waals surface area contributed by atoms with Crippen LogP contribution in [0.1, 0.15) is 46.1 Å². The van der Waals surface area contributed by atoms with Crippen LogP contribution in [0.2, 0.25) is 0 Å². The lowest BCUT2D eigenvalue weighted by atomic mass is 9.97. The SMILES string of the molecule is CC#C[C@H](O)[C@H]1CCc2c(cn(C)c2C(=O)Cc2ccc(C)c(C#N)c2)S(=O)(=O)N1. The molecule has 0 amide bonds. The molecular formula is C22H23N3O4S. The normalized spacial score (nSPS) is 18.3. The third-order valence-corrected chi connectivity index (χ3v) is 6.82. The van der Waals surface area contributed by atoms with Gasteiger partial charge < -0.3 is 9.67 Å². The molecule has 0 fully saturated rings. The summed E-state index contributed by atoms with van der Waals surface area (Å²) in [7, 11) is -2.27. The molecule has 2 aromatic rings. The van der Waals surface area contributed by atoms with E-state index in [-0.39, 0.29) is 17.1 Å². The molecule has 0 unspecified atom stereocenters. The van der Waals surface area contributed by atoms with Gasteiger partial charge in [-0.25, -0.2) is 13.1 Å². The molecule has 8 heteroatoms. The van der Waals surface area contributed by atoms with Crippen LogP contribution in [0, 0.1) is 30.1 Å². The van der Waals surface area contributed by atoms with Crippen LogP contribution in [0.4, 0.5) is 0 Å². The molecular weight excluding hydrogens is 402 g/mol. The van der Waals surface area contributed by atoms with Gasteiger partial charge in [0.25, 0.3) is 0 Å². The van der Waals surface area contributed by atoms with Crippen molar-refractivity contribution >= 4 is 15.8 Å². The standard InChI is InChI=1S/C22H23N3O4S/c1-4-5-19(26)18-9-8-17-21(30(28,29)24-18)13-25(3)22(17)20(27)11-15-7-6-14(2)16(10-15)12-23/h6-7,10,13,18-19,24,26H,8-9,11H2,1-3H3/t18-,19+/m1/s1. The minimum Gasteiger partial charge on any atom is -0.379 e. The van der Waals surface area contributed by atoms with E-state index in [0.717, 1.165) is 5.56 Å². The highest BCUT2D eigenvalue weighted by atomic mass is 32.2. The Kier molecular flexibility index (Phi) is 6.14. The number of aliphatic hydroxyl groups excluding tert-OH is 1. The smallest absolute Gasteiger partial charge is 0.242 e. The molecule has 1 aromatic heterocycles. The number of hydrogen-bond acceptors (Lipinski definition) is 5. The van der Waals surface area contributed by atoms with Crippen molar-refractivity contribution < 1.29 is 18.3 Å². The first-order valence-electron chi connectivity index (χ1n) is 9.51. The number of carbonyl (C=O) groups excluding carboxylic acids is 1. The number of aryl methyl sites for hydroxylation is 2. The zero-order valence-electron chi connectivity index (χ0n) is 17.1. The van der Waals surface area contributed by atoms with Crippen LogP contribution in [0.15, 0.2) is 29.3 Å². The van der Waals surface area contributed by atoms with Crippen LogP contribution in [0.3, 0.4) is 0 Å². The molecule has 0 saturated carbocycles. The van der Waals surface area contributed by atoms with E-state index in [4.69, 9.17) is 0 Å². The maximum atomic E-state index is 13.1. The van der Waals surface area contributed by atoms with E-state index in [2.05, 4.69) is 22.6 Å². The Balaban J connectivity index is 1.96. The molecule has 7 nitrogen and oxygen atoms in total. The van der Waals surface area contributed by atoms with Crippen molar-refractivity contribution in [3.05, 3.63) is 52.3 Å². The van der Waals surface area contributed by atoms with E-state index in [9.17, 15) is 23.6 Å². The first-order chi connectivity index (χ1) is 14.2. The number of nitrogens with one attached hydrogen (secondary N) is 1. The van der Waals surface area contributed by atoms with Gasteiger partial charge in [-0.2, -0.15) is 5.26 Å². The van der Waals surface area contributed by atoms with Crippen molar-refractivity contribution in [2.24, 2.45) is 7.05 Å². The predicted octanol–water partition coefficient (Wildman–Crippen LogP) is 1.61. The van der Waals surface area contributed by atoms with Crippen LogP contribution in [0.5, 0.6) is 0 Å². The number of ketones is 1. The maximum Gasteiger partial charge on any atom is 0.242 e. The van der Waals surface area contributed by atoms with Gasteiger partial charge in [-0.1, -0.05) is 18.1 Å². The number of benzene rings is 1. The summed E-state index contributed by atoms with van der Waals surface area (Å²) in [6.45, 7) is 3.40. The largest absolute Gasteiger partial charge is 0.379 e. The second-order valence-electron chi connectivity index (χ2n) is 7.40. The van der Waals surface area contributed by atoms with Gasteiger partial charge in [-0.15, -0.1) is 5.92 Å². The molecule has 2 heterocycles. The summed E-state index contributed by atoms with van der Waals surface area (Å²) in [6, 6.07) is 6.63. The van der Waals surface area contributed by atoms with E-state index in [1.807, 2.05) is 6.92 Å². The highest BCUT2D eigenvalue weighted by Crippen LogP contribution is 2.29. The topological polar surface area (TPSA) is 112 Å². The second kappa shape index (κ2) is 8.45. The number of rotatable bonds is 4. The molecule has 156 valence electrons. The fourth-order valence-electron chi connectivity index (χ4n) is 3.75. The van der Waals surface area contributed by atoms with E-state index in [1.54, 1.807) is 32.2 Å². The molecule has 1 aliphatic heterocycles. The van der Waals surface area contributed by atoms with E-state index < -0.39 is 22.2 Å². The Morgan fingerprint density at radius 3 is 2.83 bits per heavy atom. The van der Waals surface area contributed by atoms with Gasteiger partial charge in [-0.05, 0) is 43.9 Å². The lowest BCUT2D eigenvalue weighted by Crippen LogP contribution is -2.41. The number of sulfonamides is 1. The molecule has 0 spiro atoms. The van der Waals surface area contributed by atoms with Crippen molar-refractivity contribution in [1.29, 1.82) is 5.26 Å². The molecule has 0 radical (unpaired) electrons. The number of carbonyl (C=O) groups is 1. The molecule has 1 aromatic carbocycles. The van der Waals surface area contributed by atoms with Crippen LogP contribution in [-0.4, -0.2) is 36.0 Å². The molecule has 3 rings (SSSR count). The minimum absolute atomic E-state index is 0.0501. The Morgan fingerprint density at radius 1 is 1.43 bits per heavy atom. The number of fused-ring (bicyclic) bond motifs is 1. The summed E-state index contributed by atoms with van der Waals surface area (Å²) in [5.41, 5.74) is 2.80. The van der Waals surface area contributed by atoms with Crippen molar-refractivity contribution in [2.45, 2.75) is 50.2 Å². The number of aromatic nitrogens is 1. The first-order valence-corrected chi connectivity index (χ1v) is 11.0. The molecule has 0 saturated heterocycles. The number of aliphatic hydroxyl groups is 1. The summed E-state index contributed by atoms with van der Waals surface area (Å²) in [5, 5.41) is 19.4. The summed E-state index contributed by atoms with van der Waals surface area (Å²) in [6.07, 6.45) is 0.989. The Morgan fingerprint density at radius 2 is 2.17 bits per heavy atom. The summed E-state index contributed by atoms with van der Waals surface area (Å²) in [5.74, 6) is 4.94. The first kappa shape index (κ1) is 21.8. The third kappa shape index (κ3) is 4.17. The van der Waals surface area contributed by atoms with Crippen LogP contribution >= 0.6 is 0 Å². The lowest BCUT2D eigenvalue weighted by Gasteiger charge is -2.17. The Hall–Kier alpha value is -2.91. The molecule has 2 atom stereocenters. The van der Waals surface area contributed by atoms with Crippen LogP contribution in [-0.2, 0) is 29.9 Å². The molecule has 2 N–H and O–H groups in total. The number of Topliss-reactive ketones (excluding diaryl/α,β-unsaturated/α-hetero) is 1. The predicted molar refractivity (Wildman–Crippen MR) is 111 cm³/mol. The van der Waals surface area contributed by atoms with Crippen LogP contribution < -0.4 is 4.72 Å². The minimum atomic E-state index is -3.91. The average Bonchev–Trinajstić information content (AvgIpc) is 2.97. The van der Waals surface area contributed by atoms with Crippen LogP contribution in [0.25, 0.3) is 0 Å². The molecule has 1 aliphatic rings. The third-order valence-electron chi connectivity index (χ3n) is 5.27. The van der Waals surface area contributed by atoms with E-state index in [1.165, 1.54) is 10.8 Å². The summed E-state index contributed by atoms with van der Waals surface area (Å²) >= 11 is 0. The van der Waals surface area contributed by atoms with Crippen molar-refractivity contribution in [1.82, 2.24) is 9.29 Å². The van der Waals surface area contributed by atoms with Gasteiger partial charge in [0.2, 0.25) is 10.0 Å². The van der Waals surface area contributed by atoms with Gasteiger partial charge >= 0.3 is 0 Å². The molecule has 0 aliphatic carbocycles. The monoisotopic (exact) mass is 425 g/mol. The zero-order chi connectivity index (χ0) is 22.1. The molecule has 0 bridgehead atoms. The lowest BCUT2D eigenvalue weighted by molar-refractivity contribution is 0.0984. The van der Waals surface area contributed by atoms with Gasteiger partial charge in [-0.3, -0.25) is 4.79 Å². The average molecular weight is 426 g/mol. The van der Waals surface area contributed by atoms with Gasteiger partial charge in [0.1, 0.15) is 11.0 Å². The number of nitriles is 1. The quantitative estimate of drug-likeness (QED) is 0.571. The zero-order valence-corrected chi connectivity index (χ0v) is 17.9. The fourth-order valence-corrected chi connectivity index (χ4v) is 5.34. The fraction of sp³-hybridized carbons (Fsp3) is 0.364. The Labute approximate surface area is 176 Å². The molecule has 30 heavy (non-hydrogen) atoms. The van der Waals surface area contributed by atoms with Gasteiger partial charge in [0.15, 0.2) is 5.78 Å². The second-order valence-corrected chi connectivity index (χ2v) is 9.08. The number of nitrogens with zero attached hydrogens (tertiary/aromatic N) is 2. The van der Waals surface area contributed by atoms with E-state index in [0.29, 0.717) is 35.2 Å². The maximum absolute atomic E-state index is 13.1. The van der Waals surface area contributed by atoms with Crippen molar-refractivity contribution in [2.75, 3.05) is 0 Å². The van der Waals surface area contributed by atoms with Gasteiger partial charge in [0, 0.05) is 25.2 Å². The Bertz CT molecular complexity index is 1210. The number of hydrogen-bond donors (Lipinski definition) is 2. The van der Waals surface area contributed by atoms with E-state index >= 15 is 0 Å². The summed E-state index contributed by atoms with van der Waals surface area (Å²) in [4.78, 5) is 13.2. The van der Waals surface area contributed by atoms with Gasteiger partial charge in [0.05, 0.1) is 23.4 Å². The van der Waals surface area contributed by atoms with Crippen molar-refractivity contribution in [3.8, 4) is 17.9 Å². The highest BCUT2D eigenvalue weighted by molar-refractivity contribution is 7.89. The van der Waals surface area contributed by atoms with Crippen molar-refractivity contribution in [3.63, 3.8) is 0 Å². The highest BCUT2D eigenvalue weighted by Gasteiger charge is 2.34. The summed E-state index contributed by atoms with van der Waals surface area (Å²) < 4.78 is 29.7.